The van der Waals surface area contributed by atoms with Gasteiger partial charge in [0.05, 0.1) is 11.5 Å². The minimum absolute atomic E-state index is 0.260. The molecule has 1 aliphatic carbocycles. The highest BCUT2D eigenvalue weighted by molar-refractivity contribution is 7.92. The summed E-state index contributed by atoms with van der Waals surface area (Å²) in [5, 5.41) is 3.30. The lowest BCUT2D eigenvalue weighted by Crippen LogP contribution is -2.52. The van der Waals surface area contributed by atoms with Gasteiger partial charge in [-0.3, -0.25) is 0 Å². The quantitative estimate of drug-likeness (QED) is 0.688. The van der Waals surface area contributed by atoms with Crippen LogP contribution in [0.5, 0.6) is 0 Å². The van der Waals surface area contributed by atoms with Crippen LogP contribution in [0.2, 0.25) is 0 Å². The summed E-state index contributed by atoms with van der Waals surface area (Å²) < 4.78 is 21.6. The molecule has 12 heavy (non-hydrogen) atoms. The molecule has 0 aromatic rings. The molecule has 0 aromatic heterocycles. The SMILES string of the molecule is O=S1(=O)CC(NCC2CCC2)C1. The predicted molar refractivity (Wildman–Crippen MR) is 47.8 cm³/mol. The molecule has 1 N–H and O–H groups in total. The molecular formula is C8H15NO2S. The molecule has 1 saturated heterocycles. The van der Waals surface area contributed by atoms with Gasteiger partial charge in [0, 0.05) is 6.04 Å². The molecule has 0 bridgehead atoms. The highest BCUT2D eigenvalue weighted by Crippen LogP contribution is 2.25. The van der Waals surface area contributed by atoms with E-state index < -0.39 is 9.84 Å². The van der Waals surface area contributed by atoms with Gasteiger partial charge in [-0.25, -0.2) is 8.42 Å². The van der Waals surface area contributed by atoms with Crippen LogP contribution in [0.1, 0.15) is 19.3 Å². The van der Waals surface area contributed by atoms with E-state index in [0.29, 0.717) is 11.5 Å². The van der Waals surface area contributed by atoms with E-state index in [9.17, 15) is 8.42 Å². The minimum atomic E-state index is -2.63. The van der Waals surface area contributed by atoms with Crippen LogP contribution in [0.3, 0.4) is 0 Å². The third-order valence-electron chi connectivity index (χ3n) is 2.83. The van der Waals surface area contributed by atoms with Crippen LogP contribution < -0.4 is 5.32 Å². The topological polar surface area (TPSA) is 46.2 Å². The largest absolute Gasteiger partial charge is 0.312 e. The summed E-state index contributed by atoms with van der Waals surface area (Å²) in [6.07, 6.45) is 4.01. The number of rotatable bonds is 3. The zero-order chi connectivity index (χ0) is 8.60. The van der Waals surface area contributed by atoms with Crippen LogP contribution in [0.15, 0.2) is 0 Å². The highest BCUT2D eigenvalue weighted by atomic mass is 32.2. The molecule has 2 aliphatic rings. The van der Waals surface area contributed by atoms with Crippen LogP contribution in [0.4, 0.5) is 0 Å². The van der Waals surface area contributed by atoms with Crippen molar-refractivity contribution in [2.75, 3.05) is 18.1 Å². The van der Waals surface area contributed by atoms with Crippen molar-refractivity contribution in [1.29, 1.82) is 0 Å². The lowest BCUT2D eigenvalue weighted by molar-refractivity contribution is 0.292. The second-order valence-electron chi connectivity index (χ2n) is 3.98. The summed E-state index contributed by atoms with van der Waals surface area (Å²) in [7, 11) is -2.63. The van der Waals surface area contributed by atoms with Gasteiger partial charge < -0.3 is 5.32 Å². The molecule has 1 heterocycles. The average molecular weight is 189 g/mol. The lowest BCUT2D eigenvalue weighted by Gasteiger charge is -2.31. The van der Waals surface area contributed by atoms with Crippen LogP contribution in [0.25, 0.3) is 0 Å². The molecule has 2 rings (SSSR count). The first-order chi connectivity index (χ1) is 5.66. The summed E-state index contributed by atoms with van der Waals surface area (Å²) in [6, 6.07) is 0.260. The molecule has 0 atom stereocenters. The van der Waals surface area contributed by atoms with Crippen LogP contribution in [0, 0.1) is 5.92 Å². The second-order valence-corrected chi connectivity index (χ2v) is 6.13. The Morgan fingerprint density at radius 2 is 1.92 bits per heavy atom. The van der Waals surface area contributed by atoms with Gasteiger partial charge in [-0.15, -0.1) is 0 Å². The molecule has 2 fully saturated rings. The zero-order valence-electron chi connectivity index (χ0n) is 7.12. The van der Waals surface area contributed by atoms with Gasteiger partial charge in [-0.1, -0.05) is 6.42 Å². The van der Waals surface area contributed by atoms with Crippen molar-refractivity contribution < 1.29 is 8.42 Å². The molecule has 0 amide bonds. The monoisotopic (exact) mass is 189 g/mol. The third kappa shape index (κ3) is 1.80. The van der Waals surface area contributed by atoms with E-state index in [1.54, 1.807) is 0 Å². The summed E-state index contributed by atoms with van der Waals surface area (Å²) in [6.45, 7) is 1.03. The second kappa shape index (κ2) is 3.00. The van der Waals surface area contributed by atoms with Gasteiger partial charge >= 0.3 is 0 Å². The Morgan fingerprint density at radius 3 is 2.33 bits per heavy atom. The molecule has 0 radical (unpaired) electrons. The van der Waals surface area contributed by atoms with Crippen molar-refractivity contribution in [3.8, 4) is 0 Å². The Bertz CT molecular complexity index is 244. The van der Waals surface area contributed by atoms with Crippen LogP contribution in [-0.4, -0.2) is 32.5 Å². The number of hydrogen-bond donors (Lipinski definition) is 1. The Labute approximate surface area is 73.5 Å². The molecule has 4 heteroatoms. The van der Waals surface area contributed by atoms with Gasteiger partial charge in [-0.2, -0.15) is 0 Å². The van der Waals surface area contributed by atoms with Gasteiger partial charge in [0.2, 0.25) is 0 Å². The Morgan fingerprint density at radius 1 is 1.25 bits per heavy atom. The lowest BCUT2D eigenvalue weighted by atomic mass is 9.85. The third-order valence-corrected chi connectivity index (χ3v) is 4.65. The maximum atomic E-state index is 10.8. The van der Waals surface area contributed by atoms with Gasteiger partial charge in [-0.05, 0) is 25.3 Å². The van der Waals surface area contributed by atoms with E-state index in [-0.39, 0.29) is 6.04 Å². The van der Waals surface area contributed by atoms with Crippen molar-refractivity contribution in [3.63, 3.8) is 0 Å². The predicted octanol–water partition coefficient (Wildman–Crippen LogP) is 0.173. The summed E-state index contributed by atoms with van der Waals surface area (Å²) >= 11 is 0. The normalized spacial score (nSPS) is 29.3. The molecule has 0 aromatic carbocycles. The Kier molecular flexibility index (Phi) is 2.12. The van der Waals surface area contributed by atoms with E-state index in [0.717, 1.165) is 12.5 Å². The number of hydrogen-bond acceptors (Lipinski definition) is 3. The fourth-order valence-corrected chi connectivity index (χ4v) is 3.08. The fraction of sp³-hybridized carbons (Fsp3) is 1.00. The van der Waals surface area contributed by atoms with Gasteiger partial charge in [0.15, 0.2) is 9.84 Å². The number of sulfone groups is 1. The molecule has 0 spiro atoms. The van der Waals surface area contributed by atoms with Crippen molar-refractivity contribution in [2.24, 2.45) is 5.92 Å². The van der Waals surface area contributed by atoms with E-state index >= 15 is 0 Å². The van der Waals surface area contributed by atoms with E-state index in [1.165, 1.54) is 19.3 Å². The number of nitrogens with one attached hydrogen (secondary N) is 1. The van der Waals surface area contributed by atoms with Gasteiger partial charge in [0.1, 0.15) is 0 Å². The standard InChI is InChI=1S/C8H15NO2S/c10-12(11)5-8(6-12)9-4-7-2-1-3-7/h7-9H,1-6H2. The van der Waals surface area contributed by atoms with Crippen molar-refractivity contribution in [3.05, 3.63) is 0 Å². The summed E-state index contributed by atoms with van der Waals surface area (Å²) in [5.41, 5.74) is 0. The maximum absolute atomic E-state index is 10.8. The smallest absolute Gasteiger partial charge is 0.153 e. The van der Waals surface area contributed by atoms with Crippen LogP contribution in [-0.2, 0) is 9.84 Å². The first-order valence-electron chi connectivity index (χ1n) is 4.59. The molecule has 0 unspecified atom stereocenters. The van der Waals surface area contributed by atoms with Crippen molar-refractivity contribution in [1.82, 2.24) is 5.32 Å². The average Bonchev–Trinajstić information content (AvgIpc) is 1.79. The van der Waals surface area contributed by atoms with Gasteiger partial charge in [0.25, 0.3) is 0 Å². The van der Waals surface area contributed by atoms with Crippen molar-refractivity contribution in [2.45, 2.75) is 25.3 Å². The minimum Gasteiger partial charge on any atom is -0.312 e. The molecular weight excluding hydrogens is 174 g/mol. The van der Waals surface area contributed by atoms with E-state index in [2.05, 4.69) is 5.32 Å². The summed E-state index contributed by atoms with van der Waals surface area (Å²) in [4.78, 5) is 0. The maximum Gasteiger partial charge on any atom is 0.153 e. The highest BCUT2D eigenvalue weighted by Gasteiger charge is 2.33. The molecule has 1 aliphatic heterocycles. The molecule has 70 valence electrons. The first kappa shape index (κ1) is 8.51. The fourth-order valence-electron chi connectivity index (χ4n) is 1.71. The Balaban J connectivity index is 1.63. The molecule has 3 nitrogen and oxygen atoms in total. The van der Waals surface area contributed by atoms with Crippen LogP contribution >= 0.6 is 0 Å². The van der Waals surface area contributed by atoms with E-state index in [4.69, 9.17) is 0 Å². The van der Waals surface area contributed by atoms with E-state index in [1.807, 2.05) is 0 Å². The Hall–Kier alpha value is -0.0900. The first-order valence-corrected chi connectivity index (χ1v) is 6.42. The van der Waals surface area contributed by atoms with Crippen molar-refractivity contribution >= 4 is 9.84 Å². The molecule has 1 saturated carbocycles. The summed E-state index contributed by atoms with van der Waals surface area (Å²) in [5.74, 6) is 1.55. The zero-order valence-corrected chi connectivity index (χ0v) is 7.94.